The van der Waals surface area contributed by atoms with Crippen LogP contribution in [-0.2, 0) is 4.74 Å². The van der Waals surface area contributed by atoms with Gasteiger partial charge in [0, 0.05) is 23.3 Å². The van der Waals surface area contributed by atoms with E-state index >= 15 is 0 Å². The van der Waals surface area contributed by atoms with Crippen molar-refractivity contribution in [1.82, 2.24) is 9.38 Å². The van der Waals surface area contributed by atoms with Gasteiger partial charge in [0.25, 0.3) is 0 Å². The number of nitro groups is 1. The predicted molar refractivity (Wildman–Crippen MR) is 100 cm³/mol. The van der Waals surface area contributed by atoms with Crippen LogP contribution in [0, 0.1) is 10.1 Å². The quantitative estimate of drug-likeness (QED) is 0.508. The molecule has 0 bridgehead atoms. The molecule has 8 nitrogen and oxygen atoms in total. The lowest BCUT2D eigenvalue weighted by atomic mass is 10.1. The highest BCUT2D eigenvalue weighted by Gasteiger charge is 2.32. The average molecular weight is 387 g/mol. The zero-order valence-electron chi connectivity index (χ0n) is 14.1. The fraction of sp³-hybridized carbons (Fsp3) is 0.222. The average Bonchev–Trinajstić information content (AvgIpc) is 2.68. The number of ether oxygens (including phenoxy) is 1. The maximum Gasteiger partial charge on any atom is 0.376 e. The molecule has 2 aromatic heterocycles. The van der Waals surface area contributed by atoms with Gasteiger partial charge in [-0.15, -0.1) is 0 Å². The molecule has 1 aromatic carbocycles. The summed E-state index contributed by atoms with van der Waals surface area (Å²) in [7, 11) is 0. The number of hydrogen-bond acceptors (Lipinski definition) is 6. The number of anilines is 1. The van der Waals surface area contributed by atoms with Crippen molar-refractivity contribution in [2.45, 2.75) is 6.10 Å². The summed E-state index contributed by atoms with van der Waals surface area (Å²) in [6.07, 6.45) is 1.09. The van der Waals surface area contributed by atoms with Gasteiger partial charge in [0.05, 0.1) is 18.1 Å². The van der Waals surface area contributed by atoms with Crippen LogP contribution in [0.15, 0.2) is 53.5 Å². The van der Waals surface area contributed by atoms with Crippen molar-refractivity contribution in [3.63, 3.8) is 0 Å². The summed E-state index contributed by atoms with van der Waals surface area (Å²) in [5, 5.41) is 12.2. The molecule has 9 heteroatoms. The molecule has 1 atom stereocenters. The van der Waals surface area contributed by atoms with Crippen molar-refractivity contribution in [1.29, 1.82) is 0 Å². The SMILES string of the molecule is O=c1c([N+](=O)[O-])c(N2CCOC(c3ccccc3Cl)C2)nc2ccccn12. The standard InChI is InChI=1S/C18H15ClN4O4/c19-13-6-2-1-5-12(13)14-11-21(9-10-27-14)17-16(23(25)26)18(24)22-8-4-3-7-15(22)20-17/h1-8,14H,9-11H2. The van der Waals surface area contributed by atoms with Crippen LogP contribution >= 0.6 is 11.6 Å². The monoisotopic (exact) mass is 386 g/mol. The molecular weight excluding hydrogens is 372 g/mol. The Hall–Kier alpha value is -2.97. The molecular formula is C18H15ClN4O4. The number of morpholine rings is 1. The molecule has 1 unspecified atom stereocenters. The number of nitrogens with zero attached hydrogens (tertiary/aromatic N) is 4. The molecule has 0 radical (unpaired) electrons. The van der Waals surface area contributed by atoms with E-state index < -0.39 is 16.2 Å². The van der Waals surface area contributed by atoms with Crippen LogP contribution in [0.5, 0.6) is 0 Å². The van der Waals surface area contributed by atoms with Crippen LogP contribution in [0.3, 0.4) is 0 Å². The zero-order chi connectivity index (χ0) is 19.0. The predicted octanol–water partition coefficient (Wildman–Crippen LogP) is 2.83. The third-order valence-corrected chi connectivity index (χ3v) is 4.84. The Bertz CT molecular complexity index is 1080. The van der Waals surface area contributed by atoms with Gasteiger partial charge in [-0.3, -0.25) is 19.3 Å². The number of benzene rings is 1. The molecule has 1 aliphatic heterocycles. The Balaban J connectivity index is 1.79. The van der Waals surface area contributed by atoms with Gasteiger partial charge in [0.1, 0.15) is 11.8 Å². The normalized spacial score (nSPS) is 17.2. The first-order valence-corrected chi connectivity index (χ1v) is 8.71. The summed E-state index contributed by atoms with van der Waals surface area (Å²) in [6.45, 7) is 1.03. The number of hydrogen-bond donors (Lipinski definition) is 0. The van der Waals surface area contributed by atoms with Gasteiger partial charge in [-0.05, 0) is 18.2 Å². The number of halogens is 1. The molecule has 4 rings (SSSR count). The molecule has 3 heterocycles. The molecule has 138 valence electrons. The topological polar surface area (TPSA) is 90.0 Å². The molecule has 0 amide bonds. The van der Waals surface area contributed by atoms with Crippen molar-refractivity contribution in [2.24, 2.45) is 0 Å². The second-order valence-electron chi connectivity index (χ2n) is 6.10. The summed E-state index contributed by atoms with van der Waals surface area (Å²) in [4.78, 5) is 29.7. The highest BCUT2D eigenvalue weighted by atomic mass is 35.5. The van der Waals surface area contributed by atoms with Gasteiger partial charge in [0.2, 0.25) is 5.82 Å². The number of fused-ring (bicyclic) bond motifs is 1. The lowest BCUT2D eigenvalue weighted by molar-refractivity contribution is -0.385. The number of pyridine rings is 1. The Kier molecular flexibility index (Phi) is 4.51. The third-order valence-electron chi connectivity index (χ3n) is 4.49. The van der Waals surface area contributed by atoms with E-state index in [0.29, 0.717) is 30.4 Å². The minimum Gasteiger partial charge on any atom is -0.370 e. The second kappa shape index (κ2) is 6.98. The van der Waals surface area contributed by atoms with Crippen LogP contribution in [-0.4, -0.2) is 34.0 Å². The smallest absolute Gasteiger partial charge is 0.370 e. The van der Waals surface area contributed by atoms with E-state index in [1.807, 2.05) is 18.2 Å². The third kappa shape index (κ3) is 3.13. The fourth-order valence-corrected chi connectivity index (χ4v) is 3.47. The lowest BCUT2D eigenvalue weighted by Crippen LogP contribution is -2.40. The van der Waals surface area contributed by atoms with Crippen molar-refractivity contribution >= 4 is 28.8 Å². The van der Waals surface area contributed by atoms with Crippen LogP contribution in [0.1, 0.15) is 11.7 Å². The van der Waals surface area contributed by atoms with Gasteiger partial charge in [0.15, 0.2) is 0 Å². The Labute approximate surface area is 158 Å². The Morgan fingerprint density at radius 1 is 1.22 bits per heavy atom. The molecule has 1 aliphatic rings. The highest BCUT2D eigenvalue weighted by Crippen LogP contribution is 2.32. The van der Waals surface area contributed by atoms with Crippen LogP contribution in [0.2, 0.25) is 5.02 Å². The van der Waals surface area contributed by atoms with Crippen LogP contribution in [0.25, 0.3) is 5.65 Å². The molecule has 3 aromatic rings. The molecule has 27 heavy (non-hydrogen) atoms. The van der Waals surface area contributed by atoms with E-state index in [0.717, 1.165) is 5.56 Å². The van der Waals surface area contributed by atoms with Crippen molar-refractivity contribution in [3.8, 4) is 0 Å². The molecule has 0 spiro atoms. The number of aromatic nitrogens is 2. The van der Waals surface area contributed by atoms with Gasteiger partial charge < -0.3 is 9.64 Å². The zero-order valence-corrected chi connectivity index (χ0v) is 14.9. The van der Waals surface area contributed by atoms with Gasteiger partial charge in [-0.25, -0.2) is 4.98 Å². The molecule has 0 aliphatic carbocycles. The van der Waals surface area contributed by atoms with Crippen LogP contribution in [0.4, 0.5) is 11.5 Å². The van der Waals surface area contributed by atoms with Crippen molar-refractivity contribution < 1.29 is 9.66 Å². The summed E-state index contributed by atoms with van der Waals surface area (Å²) >= 11 is 6.26. The first kappa shape index (κ1) is 17.4. The van der Waals surface area contributed by atoms with Gasteiger partial charge in [-0.1, -0.05) is 35.9 Å². The van der Waals surface area contributed by atoms with Crippen molar-refractivity contribution in [3.05, 3.63) is 79.7 Å². The summed E-state index contributed by atoms with van der Waals surface area (Å²) < 4.78 is 6.98. The first-order valence-electron chi connectivity index (χ1n) is 8.33. The second-order valence-corrected chi connectivity index (χ2v) is 6.51. The minimum atomic E-state index is -0.707. The molecule has 1 saturated heterocycles. The lowest BCUT2D eigenvalue weighted by Gasteiger charge is -2.33. The fourth-order valence-electron chi connectivity index (χ4n) is 3.21. The van der Waals surface area contributed by atoms with Crippen molar-refractivity contribution in [2.75, 3.05) is 24.6 Å². The van der Waals surface area contributed by atoms with E-state index in [9.17, 15) is 14.9 Å². The van der Waals surface area contributed by atoms with E-state index in [2.05, 4.69) is 4.98 Å². The largest absolute Gasteiger partial charge is 0.376 e. The summed E-state index contributed by atoms with van der Waals surface area (Å²) in [5.74, 6) is 0.0524. The van der Waals surface area contributed by atoms with E-state index in [-0.39, 0.29) is 11.9 Å². The Morgan fingerprint density at radius 2 is 2.00 bits per heavy atom. The highest BCUT2D eigenvalue weighted by molar-refractivity contribution is 6.31. The molecule has 1 fully saturated rings. The first-order chi connectivity index (χ1) is 13.1. The van der Waals surface area contributed by atoms with Crippen LogP contribution < -0.4 is 10.5 Å². The number of rotatable bonds is 3. The summed E-state index contributed by atoms with van der Waals surface area (Å²) in [6, 6.07) is 12.3. The van der Waals surface area contributed by atoms with Gasteiger partial charge in [-0.2, -0.15) is 0 Å². The summed E-state index contributed by atoms with van der Waals surface area (Å²) in [5.41, 5.74) is -0.104. The van der Waals surface area contributed by atoms with E-state index in [4.69, 9.17) is 16.3 Å². The molecule has 0 saturated carbocycles. The molecule has 0 N–H and O–H groups in total. The van der Waals surface area contributed by atoms with Gasteiger partial charge >= 0.3 is 11.2 Å². The maximum absolute atomic E-state index is 12.6. The van der Waals surface area contributed by atoms with E-state index in [1.165, 1.54) is 10.6 Å². The maximum atomic E-state index is 12.6. The van der Waals surface area contributed by atoms with E-state index in [1.54, 1.807) is 29.2 Å². The minimum absolute atomic E-state index is 0.0524. The Morgan fingerprint density at radius 3 is 2.78 bits per heavy atom.